The molecule has 2 aliphatic heterocycles. The van der Waals surface area contributed by atoms with Crippen molar-refractivity contribution in [3.63, 3.8) is 0 Å². The molecule has 0 radical (unpaired) electrons. The Morgan fingerprint density at radius 1 is 1.25 bits per heavy atom. The minimum Gasteiger partial charge on any atom is -0.489 e. The molecule has 2 heterocycles. The van der Waals surface area contributed by atoms with Crippen LogP contribution in [-0.2, 0) is 6.54 Å². The SMILES string of the molecule is Fc1c(CN2CCNCC2)cc2c(c1Cl)OCCCO2. The van der Waals surface area contributed by atoms with Crippen molar-refractivity contribution in [2.75, 3.05) is 39.4 Å². The van der Waals surface area contributed by atoms with Gasteiger partial charge in [-0.05, 0) is 6.07 Å². The van der Waals surface area contributed by atoms with E-state index in [0.29, 0.717) is 36.8 Å². The molecule has 0 atom stereocenters. The molecule has 20 heavy (non-hydrogen) atoms. The molecular weight excluding hydrogens is 283 g/mol. The van der Waals surface area contributed by atoms with Crippen molar-refractivity contribution in [3.05, 3.63) is 22.5 Å². The van der Waals surface area contributed by atoms with E-state index in [4.69, 9.17) is 21.1 Å². The number of hydrogen-bond acceptors (Lipinski definition) is 4. The average Bonchev–Trinajstić information content (AvgIpc) is 2.71. The van der Waals surface area contributed by atoms with Crippen LogP contribution < -0.4 is 14.8 Å². The molecule has 1 aromatic carbocycles. The zero-order valence-corrected chi connectivity index (χ0v) is 12.0. The first-order valence-corrected chi connectivity index (χ1v) is 7.33. The average molecular weight is 301 g/mol. The lowest BCUT2D eigenvalue weighted by Gasteiger charge is -2.27. The highest BCUT2D eigenvalue weighted by Crippen LogP contribution is 2.40. The van der Waals surface area contributed by atoms with Gasteiger partial charge in [0, 0.05) is 44.7 Å². The molecule has 0 bridgehead atoms. The standard InChI is InChI=1S/C14H18ClFN2O2/c15-12-13(16)10(9-18-4-2-17-3-5-18)8-11-14(12)20-7-1-6-19-11/h8,17H,1-7,9H2. The molecule has 1 saturated heterocycles. The van der Waals surface area contributed by atoms with Crippen molar-refractivity contribution in [1.29, 1.82) is 0 Å². The van der Waals surface area contributed by atoms with Crippen molar-refractivity contribution >= 4 is 11.6 Å². The molecule has 0 amide bonds. The largest absolute Gasteiger partial charge is 0.489 e. The van der Waals surface area contributed by atoms with Crippen LogP contribution in [-0.4, -0.2) is 44.3 Å². The molecule has 0 aromatic heterocycles. The van der Waals surface area contributed by atoms with E-state index in [1.54, 1.807) is 6.07 Å². The van der Waals surface area contributed by atoms with E-state index in [-0.39, 0.29) is 5.02 Å². The lowest BCUT2D eigenvalue weighted by molar-refractivity contribution is 0.229. The fourth-order valence-corrected chi connectivity index (χ4v) is 2.79. The summed E-state index contributed by atoms with van der Waals surface area (Å²) >= 11 is 6.10. The van der Waals surface area contributed by atoms with Crippen LogP contribution in [0.25, 0.3) is 0 Å². The van der Waals surface area contributed by atoms with Crippen molar-refractivity contribution in [3.8, 4) is 11.5 Å². The first-order valence-electron chi connectivity index (χ1n) is 6.95. The summed E-state index contributed by atoms with van der Waals surface area (Å²) in [4.78, 5) is 2.20. The summed E-state index contributed by atoms with van der Waals surface area (Å²) in [5, 5.41) is 3.32. The van der Waals surface area contributed by atoms with Gasteiger partial charge in [-0.2, -0.15) is 0 Å². The summed E-state index contributed by atoms with van der Waals surface area (Å²) in [7, 11) is 0. The van der Waals surface area contributed by atoms with Crippen molar-refractivity contribution in [1.82, 2.24) is 10.2 Å². The van der Waals surface area contributed by atoms with E-state index < -0.39 is 5.82 Å². The van der Waals surface area contributed by atoms with Gasteiger partial charge in [0.15, 0.2) is 11.5 Å². The number of ether oxygens (including phenoxy) is 2. The van der Waals surface area contributed by atoms with Crippen molar-refractivity contribution < 1.29 is 13.9 Å². The van der Waals surface area contributed by atoms with Gasteiger partial charge in [0.05, 0.1) is 13.2 Å². The van der Waals surface area contributed by atoms with Crippen LogP contribution in [0.15, 0.2) is 6.07 Å². The maximum absolute atomic E-state index is 14.4. The number of fused-ring (bicyclic) bond motifs is 1. The topological polar surface area (TPSA) is 33.7 Å². The first-order chi connectivity index (χ1) is 9.75. The van der Waals surface area contributed by atoms with Crippen LogP contribution in [0.2, 0.25) is 5.02 Å². The highest BCUT2D eigenvalue weighted by atomic mass is 35.5. The van der Waals surface area contributed by atoms with Crippen molar-refractivity contribution in [2.45, 2.75) is 13.0 Å². The number of hydrogen-bond donors (Lipinski definition) is 1. The third-order valence-electron chi connectivity index (χ3n) is 3.60. The Balaban J connectivity index is 1.86. The number of nitrogens with zero attached hydrogens (tertiary/aromatic N) is 1. The van der Waals surface area contributed by atoms with Gasteiger partial charge in [0.25, 0.3) is 0 Å². The smallest absolute Gasteiger partial charge is 0.182 e. The molecule has 1 fully saturated rings. The second kappa shape index (κ2) is 6.16. The molecule has 6 heteroatoms. The second-order valence-corrected chi connectivity index (χ2v) is 5.45. The highest BCUT2D eigenvalue weighted by molar-refractivity contribution is 6.32. The van der Waals surface area contributed by atoms with E-state index in [1.165, 1.54) is 0 Å². The lowest BCUT2D eigenvalue weighted by Crippen LogP contribution is -2.43. The summed E-state index contributed by atoms with van der Waals surface area (Å²) in [5.74, 6) is 0.499. The molecule has 0 saturated carbocycles. The predicted octanol–water partition coefficient (Wildman–Crippen LogP) is 2.05. The molecule has 1 N–H and O–H groups in total. The van der Waals surface area contributed by atoms with E-state index in [2.05, 4.69) is 10.2 Å². The van der Waals surface area contributed by atoms with E-state index in [1.807, 2.05) is 0 Å². The lowest BCUT2D eigenvalue weighted by atomic mass is 10.1. The Bertz CT molecular complexity index is 493. The molecule has 0 spiro atoms. The molecular formula is C14H18ClFN2O2. The Kier molecular flexibility index (Phi) is 4.29. The Morgan fingerprint density at radius 3 is 2.80 bits per heavy atom. The maximum Gasteiger partial charge on any atom is 0.182 e. The normalized spacial score (nSPS) is 19.7. The van der Waals surface area contributed by atoms with E-state index in [0.717, 1.165) is 32.6 Å². The number of rotatable bonds is 2. The Labute approximate surface area is 122 Å². The molecule has 0 unspecified atom stereocenters. The fraction of sp³-hybridized carbons (Fsp3) is 0.571. The van der Waals surface area contributed by atoms with Gasteiger partial charge in [0.2, 0.25) is 0 Å². The summed E-state index contributed by atoms with van der Waals surface area (Å²) in [6.07, 6.45) is 0.778. The van der Waals surface area contributed by atoms with Gasteiger partial charge in [-0.1, -0.05) is 11.6 Å². The minimum atomic E-state index is -0.394. The molecule has 4 nitrogen and oxygen atoms in total. The van der Waals surface area contributed by atoms with Gasteiger partial charge in [0.1, 0.15) is 10.8 Å². The predicted molar refractivity (Wildman–Crippen MR) is 75.2 cm³/mol. The second-order valence-electron chi connectivity index (χ2n) is 5.07. The third-order valence-corrected chi connectivity index (χ3v) is 3.94. The monoisotopic (exact) mass is 300 g/mol. The number of nitrogens with one attached hydrogen (secondary N) is 1. The zero-order valence-electron chi connectivity index (χ0n) is 11.3. The Hall–Kier alpha value is -1.04. The third kappa shape index (κ3) is 2.85. The molecule has 0 aliphatic carbocycles. The van der Waals surface area contributed by atoms with Gasteiger partial charge < -0.3 is 14.8 Å². The maximum atomic E-state index is 14.4. The number of halogens is 2. The first kappa shape index (κ1) is 13.9. The van der Waals surface area contributed by atoms with Gasteiger partial charge >= 0.3 is 0 Å². The molecule has 110 valence electrons. The quantitative estimate of drug-likeness (QED) is 0.906. The van der Waals surface area contributed by atoms with E-state index >= 15 is 0 Å². The van der Waals surface area contributed by atoms with Gasteiger partial charge in [-0.15, -0.1) is 0 Å². The fourth-order valence-electron chi connectivity index (χ4n) is 2.52. The molecule has 2 aliphatic rings. The van der Waals surface area contributed by atoms with Crippen LogP contribution in [0.3, 0.4) is 0 Å². The van der Waals surface area contributed by atoms with E-state index in [9.17, 15) is 4.39 Å². The summed E-state index contributed by atoms with van der Waals surface area (Å²) in [6, 6.07) is 1.73. The summed E-state index contributed by atoms with van der Waals surface area (Å²) < 4.78 is 25.5. The molecule has 3 rings (SSSR count). The number of piperazine rings is 1. The van der Waals surface area contributed by atoms with Crippen LogP contribution >= 0.6 is 11.6 Å². The highest BCUT2D eigenvalue weighted by Gasteiger charge is 2.22. The van der Waals surface area contributed by atoms with Gasteiger partial charge in [-0.3, -0.25) is 4.90 Å². The van der Waals surface area contributed by atoms with Gasteiger partial charge in [-0.25, -0.2) is 4.39 Å². The van der Waals surface area contributed by atoms with Crippen LogP contribution in [0.4, 0.5) is 4.39 Å². The van der Waals surface area contributed by atoms with Crippen molar-refractivity contribution in [2.24, 2.45) is 0 Å². The molecule has 1 aromatic rings. The van der Waals surface area contributed by atoms with Crippen LogP contribution in [0.5, 0.6) is 11.5 Å². The summed E-state index contributed by atoms with van der Waals surface area (Å²) in [5.41, 5.74) is 0.571. The zero-order chi connectivity index (χ0) is 13.9. The Morgan fingerprint density at radius 2 is 2.00 bits per heavy atom. The van der Waals surface area contributed by atoms with Crippen LogP contribution in [0.1, 0.15) is 12.0 Å². The number of benzene rings is 1. The van der Waals surface area contributed by atoms with Crippen LogP contribution in [0, 0.1) is 5.82 Å². The summed E-state index contributed by atoms with van der Waals surface area (Å²) in [6.45, 7) is 5.30. The minimum absolute atomic E-state index is 0.0366.